The van der Waals surface area contributed by atoms with Crippen LogP contribution in [0.4, 0.5) is 0 Å². The lowest BCUT2D eigenvalue weighted by molar-refractivity contribution is 0.0579. The smallest absolute Gasteiger partial charge is 0.261 e. The number of amides is 2. The zero-order valence-electron chi connectivity index (χ0n) is 10.1. The first-order valence-corrected chi connectivity index (χ1v) is 6.19. The number of imide groups is 1. The molecule has 0 bridgehead atoms. The van der Waals surface area contributed by atoms with E-state index in [1.807, 2.05) is 6.92 Å². The average molecular weight is 245 g/mol. The molecule has 3 rings (SSSR count). The number of rotatable bonds is 2. The van der Waals surface area contributed by atoms with E-state index in [9.17, 15) is 9.59 Å². The largest absolute Gasteiger partial charge is 0.269 e. The molecule has 1 aromatic carbocycles. The maximum Gasteiger partial charge on any atom is 0.261 e. The van der Waals surface area contributed by atoms with Gasteiger partial charge in [0.25, 0.3) is 11.8 Å². The molecule has 0 saturated carbocycles. The maximum absolute atomic E-state index is 12.3. The highest BCUT2D eigenvalue weighted by molar-refractivity contribution is 6.21. The number of nitrogens with one attached hydrogen (secondary N) is 2. The Morgan fingerprint density at radius 2 is 1.83 bits per heavy atom. The first-order valence-electron chi connectivity index (χ1n) is 6.19. The summed E-state index contributed by atoms with van der Waals surface area (Å²) in [5.74, 6) is -0.353. The van der Waals surface area contributed by atoms with Crippen molar-refractivity contribution in [3.8, 4) is 0 Å². The number of hydrogen-bond acceptors (Lipinski definition) is 4. The van der Waals surface area contributed by atoms with E-state index in [-0.39, 0.29) is 23.9 Å². The van der Waals surface area contributed by atoms with Crippen molar-refractivity contribution >= 4 is 11.8 Å². The van der Waals surface area contributed by atoms with E-state index in [2.05, 4.69) is 10.9 Å². The van der Waals surface area contributed by atoms with Crippen molar-refractivity contribution in [1.82, 2.24) is 15.8 Å². The van der Waals surface area contributed by atoms with Gasteiger partial charge in [0, 0.05) is 12.6 Å². The van der Waals surface area contributed by atoms with Crippen LogP contribution >= 0.6 is 0 Å². The molecule has 5 nitrogen and oxygen atoms in total. The standard InChI is InChI=1S/C13H15N3O2/c1-2-10-11(7-14-15-10)16-12(17)8-5-3-4-6-9(8)13(16)18/h3-6,10-11,14-15H,2,7H2,1H3. The molecule has 0 aromatic heterocycles. The molecule has 2 atom stereocenters. The maximum atomic E-state index is 12.3. The van der Waals surface area contributed by atoms with Gasteiger partial charge in [0.2, 0.25) is 0 Å². The molecule has 2 amide bonds. The number of hydrazine groups is 1. The van der Waals surface area contributed by atoms with Crippen LogP contribution in [0.2, 0.25) is 0 Å². The van der Waals surface area contributed by atoms with Crippen molar-refractivity contribution in [2.75, 3.05) is 6.54 Å². The van der Waals surface area contributed by atoms with Crippen LogP contribution < -0.4 is 10.9 Å². The second-order valence-corrected chi connectivity index (χ2v) is 4.63. The summed E-state index contributed by atoms with van der Waals surface area (Å²) in [6.07, 6.45) is 0.866. The Hall–Kier alpha value is -1.72. The Morgan fingerprint density at radius 3 is 2.39 bits per heavy atom. The van der Waals surface area contributed by atoms with Crippen molar-refractivity contribution in [2.45, 2.75) is 25.4 Å². The summed E-state index contributed by atoms with van der Waals surface area (Å²) in [5.41, 5.74) is 7.16. The highest BCUT2D eigenvalue weighted by Crippen LogP contribution is 2.26. The van der Waals surface area contributed by atoms with Crippen LogP contribution in [-0.4, -0.2) is 35.3 Å². The SMILES string of the molecule is CCC1NNCC1N1C(=O)c2ccccc2C1=O. The van der Waals surface area contributed by atoms with E-state index in [0.717, 1.165) is 6.42 Å². The Kier molecular flexibility index (Phi) is 2.65. The van der Waals surface area contributed by atoms with Crippen LogP contribution in [-0.2, 0) is 0 Å². The van der Waals surface area contributed by atoms with Crippen LogP contribution in [0.3, 0.4) is 0 Å². The number of benzene rings is 1. The Labute approximate surface area is 105 Å². The zero-order valence-corrected chi connectivity index (χ0v) is 10.1. The summed E-state index contributed by atoms with van der Waals surface area (Å²) < 4.78 is 0. The predicted molar refractivity (Wildman–Crippen MR) is 65.9 cm³/mol. The highest BCUT2D eigenvalue weighted by atomic mass is 16.2. The minimum Gasteiger partial charge on any atom is -0.269 e. The highest BCUT2D eigenvalue weighted by Gasteiger charge is 2.43. The van der Waals surface area contributed by atoms with Crippen molar-refractivity contribution < 1.29 is 9.59 Å². The zero-order chi connectivity index (χ0) is 12.7. The minimum absolute atomic E-state index is 0.109. The molecule has 2 aliphatic heterocycles. The van der Waals surface area contributed by atoms with Crippen LogP contribution in [0.25, 0.3) is 0 Å². The van der Waals surface area contributed by atoms with E-state index in [1.54, 1.807) is 24.3 Å². The summed E-state index contributed by atoms with van der Waals surface area (Å²) >= 11 is 0. The van der Waals surface area contributed by atoms with Gasteiger partial charge in [0.1, 0.15) is 0 Å². The molecule has 0 spiro atoms. The fourth-order valence-electron chi connectivity index (χ4n) is 2.69. The first-order chi connectivity index (χ1) is 8.74. The van der Waals surface area contributed by atoms with Gasteiger partial charge in [-0.1, -0.05) is 19.1 Å². The summed E-state index contributed by atoms with van der Waals surface area (Å²) in [4.78, 5) is 26.0. The molecule has 0 aliphatic carbocycles. The predicted octanol–water partition coefficient (Wildman–Crippen LogP) is 0.538. The molecule has 2 unspecified atom stereocenters. The third kappa shape index (κ3) is 1.48. The lowest BCUT2D eigenvalue weighted by Gasteiger charge is -2.25. The normalized spacial score (nSPS) is 26.8. The minimum atomic E-state index is -0.176. The van der Waals surface area contributed by atoms with Gasteiger partial charge in [-0.25, -0.2) is 0 Å². The van der Waals surface area contributed by atoms with E-state index in [1.165, 1.54) is 4.90 Å². The summed E-state index contributed by atoms with van der Waals surface area (Å²) in [5, 5.41) is 0. The molecule has 0 radical (unpaired) electrons. The second-order valence-electron chi connectivity index (χ2n) is 4.63. The van der Waals surface area contributed by atoms with E-state index in [0.29, 0.717) is 17.7 Å². The van der Waals surface area contributed by atoms with E-state index >= 15 is 0 Å². The molecule has 94 valence electrons. The monoisotopic (exact) mass is 245 g/mol. The third-order valence-corrected chi connectivity index (χ3v) is 3.66. The van der Waals surface area contributed by atoms with Crippen LogP contribution in [0, 0.1) is 0 Å². The number of carbonyl (C=O) groups is 2. The molecule has 1 aromatic rings. The van der Waals surface area contributed by atoms with Crippen molar-refractivity contribution in [2.24, 2.45) is 0 Å². The Morgan fingerprint density at radius 1 is 1.22 bits per heavy atom. The van der Waals surface area contributed by atoms with E-state index in [4.69, 9.17) is 0 Å². The van der Waals surface area contributed by atoms with E-state index < -0.39 is 0 Å². The van der Waals surface area contributed by atoms with Crippen molar-refractivity contribution in [1.29, 1.82) is 0 Å². The molecule has 18 heavy (non-hydrogen) atoms. The van der Waals surface area contributed by atoms with Gasteiger partial charge in [-0.05, 0) is 18.6 Å². The molecule has 2 N–H and O–H groups in total. The summed E-state index contributed by atoms with van der Waals surface area (Å²) in [6.45, 7) is 2.64. The molecule has 2 heterocycles. The second kappa shape index (κ2) is 4.19. The molecule has 1 saturated heterocycles. The van der Waals surface area contributed by atoms with Gasteiger partial charge in [0.15, 0.2) is 0 Å². The van der Waals surface area contributed by atoms with Gasteiger partial charge in [-0.3, -0.25) is 25.3 Å². The fourth-order valence-corrected chi connectivity index (χ4v) is 2.69. The van der Waals surface area contributed by atoms with Crippen LogP contribution in [0.5, 0.6) is 0 Å². The Bertz CT molecular complexity index is 480. The van der Waals surface area contributed by atoms with Gasteiger partial charge < -0.3 is 0 Å². The third-order valence-electron chi connectivity index (χ3n) is 3.66. The fraction of sp³-hybridized carbons (Fsp3) is 0.385. The number of carbonyl (C=O) groups excluding carboxylic acids is 2. The van der Waals surface area contributed by atoms with Crippen molar-refractivity contribution in [3.63, 3.8) is 0 Å². The van der Waals surface area contributed by atoms with Crippen LogP contribution in [0.15, 0.2) is 24.3 Å². The summed E-state index contributed by atoms with van der Waals surface area (Å²) in [6, 6.07) is 7.01. The summed E-state index contributed by atoms with van der Waals surface area (Å²) in [7, 11) is 0. The lowest BCUT2D eigenvalue weighted by Crippen LogP contribution is -2.47. The number of fused-ring (bicyclic) bond motifs is 1. The molecular formula is C13H15N3O2. The van der Waals surface area contributed by atoms with Crippen molar-refractivity contribution in [3.05, 3.63) is 35.4 Å². The van der Waals surface area contributed by atoms with Crippen LogP contribution in [0.1, 0.15) is 34.1 Å². The topological polar surface area (TPSA) is 61.4 Å². The van der Waals surface area contributed by atoms with Gasteiger partial charge in [0.05, 0.1) is 17.2 Å². The first kappa shape index (κ1) is 11.4. The van der Waals surface area contributed by atoms with Gasteiger partial charge >= 0.3 is 0 Å². The lowest BCUT2D eigenvalue weighted by atomic mass is 10.1. The number of nitrogens with zero attached hydrogens (tertiary/aromatic N) is 1. The molecule has 1 fully saturated rings. The quantitative estimate of drug-likeness (QED) is 0.746. The molecular weight excluding hydrogens is 230 g/mol. The van der Waals surface area contributed by atoms with Gasteiger partial charge in [-0.15, -0.1) is 0 Å². The Balaban J connectivity index is 1.97. The molecule has 5 heteroatoms. The number of hydrogen-bond donors (Lipinski definition) is 2. The van der Waals surface area contributed by atoms with Gasteiger partial charge in [-0.2, -0.15) is 0 Å². The molecule has 2 aliphatic rings. The average Bonchev–Trinajstić information content (AvgIpc) is 2.95.